The lowest BCUT2D eigenvalue weighted by Crippen LogP contribution is -2.22. The summed E-state index contributed by atoms with van der Waals surface area (Å²) in [5.41, 5.74) is 7.21. The summed E-state index contributed by atoms with van der Waals surface area (Å²) in [6.45, 7) is 5.06. The molecule has 3 nitrogen and oxygen atoms in total. The van der Waals surface area contributed by atoms with Gasteiger partial charge in [-0.25, -0.2) is 9.37 Å². The minimum Gasteiger partial charge on any atom is -0.330 e. The second-order valence-corrected chi connectivity index (χ2v) is 6.49. The third-order valence-corrected chi connectivity index (χ3v) is 4.76. The second kappa shape index (κ2) is 5.76. The van der Waals surface area contributed by atoms with Gasteiger partial charge in [0.2, 0.25) is 0 Å². The first kappa shape index (κ1) is 14.5. The van der Waals surface area contributed by atoms with Crippen molar-refractivity contribution in [3.8, 4) is 0 Å². The molecular weight excluding hydrogens is 265 g/mol. The van der Waals surface area contributed by atoms with Crippen molar-refractivity contribution in [1.82, 2.24) is 9.55 Å². The molecule has 0 amide bonds. The van der Waals surface area contributed by atoms with Crippen molar-refractivity contribution < 1.29 is 4.39 Å². The van der Waals surface area contributed by atoms with Crippen LogP contribution in [-0.4, -0.2) is 16.1 Å². The highest BCUT2D eigenvalue weighted by atomic mass is 19.1. The number of fused-ring (bicyclic) bond motifs is 1. The fourth-order valence-corrected chi connectivity index (χ4v) is 3.59. The predicted molar refractivity (Wildman–Crippen MR) is 83.8 cm³/mol. The van der Waals surface area contributed by atoms with Crippen LogP contribution in [0.1, 0.15) is 57.3 Å². The molecule has 2 N–H and O–H groups in total. The van der Waals surface area contributed by atoms with E-state index in [4.69, 9.17) is 5.73 Å². The molecule has 1 fully saturated rings. The van der Waals surface area contributed by atoms with Crippen LogP contribution in [0.2, 0.25) is 0 Å². The Bertz CT molecular complexity index is 624. The normalized spacial score (nSPS) is 23.1. The largest absolute Gasteiger partial charge is 0.330 e. The van der Waals surface area contributed by atoms with E-state index >= 15 is 0 Å². The van der Waals surface area contributed by atoms with Gasteiger partial charge in [0.05, 0.1) is 5.52 Å². The zero-order valence-corrected chi connectivity index (χ0v) is 12.8. The van der Waals surface area contributed by atoms with Gasteiger partial charge in [0.25, 0.3) is 0 Å². The number of imidazole rings is 1. The number of benzene rings is 1. The van der Waals surface area contributed by atoms with Gasteiger partial charge in [-0.15, -0.1) is 0 Å². The van der Waals surface area contributed by atoms with E-state index in [1.54, 1.807) is 6.07 Å². The number of aromatic nitrogens is 2. The van der Waals surface area contributed by atoms with Crippen molar-refractivity contribution in [3.05, 3.63) is 29.8 Å². The number of para-hydroxylation sites is 1. The molecule has 1 aromatic heterocycles. The van der Waals surface area contributed by atoms with Crippen LogP contribution in [-0.2, 0) is 0 Å². The molecule has 0 unspecified atom stereocenters. The summed E-state index contributed by atoms with van der Waals surface area (Å²) < 4.78 is 16.2. The summed E-state index contributed by atoms with van der Waals surface area (Å²) in [6, 6.07) is 5.53. The zero-order valence-electron chi connectivity index (χ0n) is 12.8. The van der Waals surface area contributed by atoms with Crippen LogP contribution in [0.4, 0.5) is 4.39 Å². The maximum Gasteiger partial charge on any atom is 0.151 e. The molecule has 0 atom stereocenters. The van der Waals surface area contributed by atoms with E-state index in [9.17, 15) is 4.39 Å². The quantitative estimate of drug-likeness (QED) is 0.928. The SMILES string of the molecule is CC(C)n1c(C2CCC(CN)CC2)nc2c(F)cccc21. The van der Waals surface area contributed by atoms with Crippen LogP contribution in [0.3, 0.4) is 0 Å². The van der Waals surface area contributed by atoms with E-state index in [0.29, 0.717) is 23.4 Å². The van der Waals surface area contributed by atoms with Crippen LogP contribution in [0, 0.1) is 11.7 Å². The Morgan fingerprint density at radius 3 is 2.62 bits per heavy atom. The molecule has 114 valence electrons. The maximum absolute atomic E-state index is 14.0. The second-order valence-electron chi connectivity index (χ2n) is 6.49. The van der Waals surface area contributed by atoms with E-state index in [2.05, 4.69) is 23.4 Å². The zero-order chi connectivity index (χ0) is 15.0. The molecule has 2 aromatic rings. The lowest BCUT2D eigenvalue weighted by molar-refractivity contribution is 0.318. The lowest BCUT2D eigenvalue weighted by atomic mass is 9.81. The Morgan fingerprint density at radius 1 is 1.29 bits per heavy atom. The van der Waals surface area contributed by atoms with Gasteiger partial charge in [0.15, 0.2) is 5.82 Å². The van der Waals surface area contributed by atoms with Crippen LogP contribution < -0.4 is 5.73 Å². The summed E-state index contributed by atoms with van der Waals surface area (Å²) in [5.74, 6) is 1.92. The van der Waals surface area contributed by atoms with Gasteiger partial charge < -0.3 is 10.3 Å². The van der Waals surface area contributed by atoms with Gasteiger partial charge in [0, 0.05) is 12.0 Å². The van der Waals surface area contributed by atoms with Gasteiger partial charge in [-0.3, -0.25) is 0 Å². The molecular formula is C17H24FN3. The predicted octanol–water partition coefficient (Wildman–Crippen LogP) is 3.99. The summed E-state index contributed by atoms with van der Waals surface area (Å²) in [5, 5.41) is 0. The molecule has 4 heteroatoms. The van der Waals surface area contributed by atoms with Crippen molar-refractivity contribution in [2.45, 2.75) is 51.5 Å². The van der Waals surface area contributed by atoms with Gasteiger partial charge in [-0.05, 0) is 64.1 Å². The van der Waals surface area contributed by atoms with Gasteiger partial charge in [0.1, 0.15) is 11.3 Å². The molecule has 0 saturated heterocycles. The highest BCUT2D eigenvalue weighted by molar-refractivity contribution is 5.77. The average molecular weight is 289 g/mol. The van der Waals surface area contributed by atoms with Crippen molar-refractivity contribution in [1.29, 1.82) is 0 Å². The van der Waals surface area contributed by atoms with Crippen molar-refractivity contribution >= 4 is 11.0 Å². The third kappa shape index (κ3) is 2.57. The lowest BCUT2D eigenvalue weighted by Gasteiger charge is -2.28. The highest BCUT2D eigenvalue weighted by Gasteiger charge is 2.27. The van der Waals surface area contributed by atoms with Crippen LogP contribution >= 0.6 is 0 Å². The Hall–Kier alpha value is -1.42. The summed E-state index contributed by atoms with van der Waals surface area (Å²) in [7, 11) is 0. The van der Waals surface area contributed by atoms with E-state index in [-0.39, 0.29) is 5.82 Å². The molecule has 0 radical (unpaired) electrons. The number of hydrogen-bond acceptors (Lipinski definition) is 2. The molecule has 1 heterocycles. The summed E-state index contributed by atoms with van der Waals surface area (Å²) >= 11 is 0. The van der Waals surface area contributed by atoms with Crippen LogP contribution in [0.25, 0.3) is 11.0 Å². The highest BCUT2D eigenvalue weighted by Crippen LogP contribution is 2.37. The van der Waals surface area contributed by atoms with E-state index < -0.39 is 0 Å². The molecule has 0 bridgehead atoms. The first-order valence-corrected chi connectivity index (χ1v) is 7.98. The third-order valence-electron chi connectivity index (χ3n) is 4.76. The maximum atomic E-state index is 14.0. The minimum atomic E-state index is -0.219. The fourth-order valence-electron chi connectivity index (χ4n) is 3.59. The van der Waals surface area contributed by atoms with Crippen molar-refractivity contribution in [2.75, 3.05) is 6.54 Å². The van der Waals surface area contributed by atoms with Gasteiger partial charge >= 0.3 is 0 Å². The van der Waals surface area contributed by atoms with E-state index in [1.807, 2.05) is 6.07 Å². The van der Waals surface area contributed by atoms with Crippen LogP contribution in [0.15, 0.2) is 18.2 Å². The Balaban J connectivity index is 2.02. The Kier molecular flexibility index (Phi) is 3.98. The van der Waals surface area contributed by atoms with Crippen LogP contribution in [0.5, 0.6) is 0 Å². The van der Waals surface area contributed by atoms with Crippen molar-refractivity contribution in [3.63, 3.8) is 0 Å². The van der Waals surface area contributed by atoms with Gasteiger partial charge in [-0.2, -0.15) is 0 Å². The fraction of sp³-hybridized carbons (Fsp3) is 0.588. The molecule has 1 aromatic carbocycles. The molecule has 1 aliphatic carbocycles. The molecule has 21 heavy (non-hydrogen) atoms. The molecule has 0 aliphatic heterocycles. The number of rotatable bonds is 3. The molecule has 1 aliphatic rings. The Morgan fingerprint density at radius 2 is 2.00 bits per heavy atom. The number of hydrogen-bond donors (Lipinski definition) is 1. The Labute approximate surface area is 125 Å². The molecule has 0 spiro atoms. The minimum absolute atomic E-state index is 0.219. The smallest absolute Gasteiger partial charge is 0.151 e. The molecule has 3 rings (SSSR count). The monoisotopic (exact) mass is 289 g/mol. The topological polar surface area (TPSA) is 43.8 Å². The molecule has 1 saturated carbocycles. The first-order chi connectivity index (χ1) is 10.1. The summed E-state index contributed by atoms with van der Waals surface area (Å²) in [4.78, 5) is 4.66. The number of nitrogens with two attached hydrogens (primary N) is 1. The average Bonchev–Trinajstić information content (AvgIpc) is 2.88. The first-order valence-electron chi connectivity index (χ1n) is 7.98. The number of nitrogens with zero attached hydrogens (tertiary/aromatic N) is 2. The van der Waals surface area contributed by atoms with E-state index in [0.717, 1.165) is 43.6 Å². The number of halogens is 1. The van der Waals surface area contributed by atoms with Gasteiger partial charge in [-0.1, -0.05) is 6.07 Å². The van der Waals surface area contributed by atoms with Crippen molar-refractivity contribution in [2.24, 2.45) is 11.7 Å². The van der Waals surface area contributed by atoms with E-state index in [1.165, 1.54) is 6.07 Å². The summed E-state index contributed by atoms with van der Waals surface area (Å²) in [6.07, 6.45) is 4.54. The standard InChI is InChI=1S/C17H24FN3/c1-11(2)21-15-5-3-4-14(18)16(15)20-17(21)13-8-6-12(10-19)7-9-13/h3-5,11-13H,6-10,19H2,1-2H3.